The topological polar surface area (TPSA) is 50.4 Å². The van der Waals surface area contributed by atoms with E-state index < -0.39 is 0 Å². The molecule has 106 valence electrons. The summed E-state index contributed by atoms with van der Waals surface area (Å²) in [4.78, 5) is 11.7. The predicted octanol–water partition coefficient (Wildman–Crippen LogP) is 2.54. The average molecular weight is 256 g/mol. The largest absolute Gasteiger partial charge is 0.444 e. The summed E-state index contributed by atoms with van der Waals surface area (Å²) in [7, 11) is 0. The zero-order chi connectivity index (χ0) is 13.6. The Morgan fingerprint density at radius 3 is 2.78 bits per heavy atom. The van der Waals surface area contributed by atoms with Crippen molar-refractivity contribution in [3.63, 3.8) is 0 Å². The molecule has 0 aromatic heterocycles. The van der Waals surface area contributed by atoms with Gasteiger partial charge in [-0.15, -0.1) is 0 Å². The van der Waals surface area contributed by atoms with E-state index >= 15 is 0 Å². The lowest BCUT2D eigenvalue weighted by molar-refractivity contribution is 0.0285. The fourth-order valence-corrected chi connectivity index (χ4v) is 2.09. The summed E-state index contributed by atoms with van der Waals surface area (Å²) >= 11 is 0. The van der Waals surface area contributed by atoms with Crippen molar-refractivity contribution in [2.24, 2.45) is 11.8 Å². The maximum Gasteiger partial charge on any atom is 0.407 e. The molecule has 1 aliphatic heterocycles. The highest BCUT2D eigenvalue weighted by atomic mass is 16.6. The van der Waals surface area contributed by atoms with E-state index in [1.165, 1.54) is 0 Å². The Morgan fingerprint density at radius 1 is 1.50 bits per heavy atom. The monoisotopic (exact) mass is 256 g/mol. The molecule has 0 saturated carbocycles. The SMILES string of the molecule is CC(C)CCC(C)(C)OC(=O)NC[C@H]1CCNC1. The van der Waals surface area contributed by atoms with Crippen molar-refractivity contribution in [2.75, 3.05) is 19.6 Å². The molecular weight excluding hydrogens is 228 g/mol. The number of ether oxygens (including phenoxy) is 1. The summed E-state index contributed by atoms with van der Waals surface area (Å²) < 4.78 is 5.48. The van der Waals surface area contributed by atoms with Gasteiger partial charge in [-0.3, -0.25) is 0 Å². The average Bonchev–Trinajstić information content (AvgIpc) is 2.76. The number of nitrogens with one attached hydrogen (secondary N) is 2. The molecule has 1 heterocycles. The second kappa shape index (κ2) is 6.98. The van der Waals surface area contributed by atoms with E-state index in [2.05, 4.69) is 24.5 Å². The molecule has 0 bridgehead atoms. The number of hydrogen-bond acceptors (Lipinski definition) is 3. The minimum Gasteiger partial charge on any atom is -0.444 e. The second-order valence-corrected chi connectivity index (χ2v) is 6.32. The Kier molecular flexibility index (Phi) is 5.93. The molecule has 1 amide bonds. The van der Waals surface area contributed by atoms with Gasteiger partial charge in [0.05, 0.1) is 0 Å². The van der Waals surface area contributed by atoms with E-state index in [0.29, 0.717) is 18.4 Å². The van der Waals surface area contributed by atoms with Crippen molar-refractivity contribution in [1.29, 1.82) is 0 Å². The molecule has 0 aromatic rings. The first-order valence-electron chi connectivity index (χ1n) is 7.06. The van der Waals surface area contributed by atoms with E-state index in [4.69, 9.17) is 4.74 Å². The van der Waals surface area contributed by atoms with E-state index in [1.54, 1.807) is 0 Å². The van der Waals surface area contributed by atoms with Crippen LogP contribution in [0.15, 0.2) is 0 Å². The molecule has 0 unspecified atom stereocenters. The van der Waals surface area contributed by atoms with Gasteiger partial charge in [0.2, 0.25) is 0 Å². The quantitative estimate of drug-likeness (QED) is 0.768. The molecule has 0 radical (unpaired) electrons. The predicted molar refractivity (Wildman–Crippen MR) is 73.6 cm³/mol. The summed E-state index contributed by atoms with van der Waals surface area (Å²) in [5.41, 5.74) is -0.373. The van der Waals surface area contributed by atoms with Gasteiger partial charge in [-0.25, -0.2) is 4.79 Å². The molecule has 0 spiro atoms. The highest BCUT2D eigenvalue weighted by Gasteiger charge is 2.23. The number of rotatable bonds is 6. The van der Waals surface area contributed by atoms with E-state index in [0.717, 1.165) is 32.4 Å². The van der Waals surface area contributed by atoms with E-state index in [9.17, 15) is 4.79 Å². The third-order valence-electron chi connectivity index (χ3n) is 3.39. The maximum atomic E-state index is 11.7. The zero-order valence-electron chi connectivity index (χ0n) is 12.2. The summed E-state index contributed by atoms with van der Waals surface area (Å²) in [6.07, 6.45) is 2.84. The molecular formula is C14H28N2O2. The lowest BCUT2D eigenvalue weighted by atomic mass is 9.97. The maximum absolute atomic E-state index is 11.7. The molecule has 1 fully saturated rings. The fraction of sp³-hybridized carbons (Fsp3) is 0.929. The summed E-state index contributed by atoms with van der Waals surface area (Å²) in [5, 5.41) is 6.15. The van der Waals surface area contributed by atoms with Crippen LogP contribution in [0, 0.1) is 11.8 Å². The lowest BCUT2D eigenvalue weighted by Gasteiger charge is -2.26. The number of alkyl carbamates (subject to hydrolysis) is 1. The van der Waals surface area contributed by atoms with E-state index in [-0.39, 0.29) is 11.7 Å². The van der Waals surface area contributed by atoms with Crippen LogP contribution in [0.2, 0.25) is 0 Å². The van der Waals surface area contributed by atoms with Crippen LogP contribution in [0.3, 0.4) is 0 Å². The Bertz CT molecular complexity index is 259. The van der Waals surface area contributed by atoms with Gasteiger partial charge >= 0.3 is 6.09 Å². The second-order valence-electron chi connectivity index (χ2n) is 6.32. The number of amides is 1. The number of hydrogen-bond donors (Lipinski definition) is 2. The third-order valence-corrected chi connectivity index (χ3v) is 3.39. The van der Waals surface area contributed by atoms with Crippen LogP contribution in [-0.2, 0) is 4.74 Å². The van der Waals surface area contributed by atoms with Crippen molar-refractivity contribution < 1.29 is 9.53 Å². The van der Waals surface area contributed by atoms with Crippen molar-refractivity contribution in [3.05, 3.63) is 0 Å². The van der Waals surface area contributed by atoms with Crippen molar-refractivity contribution in [2.45, 2.75) is 52.6 Å². The first-order chi connectivity index (χ1) is 8.39. The highest BCUT2D eigenvalue weighted by molar-refractivity contribution is 5.67. The summed E-state index contributed by atoms with van der Waals surface area (Å²) in [6.45, 7) is 11.1. The minimum absolute atomic E-state index is 0.282. The van der Waals surface area contributed by atoms with Gasteiger partial charge in [0, 0.05) is 6.54 Å². The smallest absolute Gasteiger partial charge is 0.407 e. The van der Waals surface area contributed by atoms with Crippen LogP contribution in [0.1, 0.15) is 47.0 Å². The van der Waals surface area contributed by atoms with Gasteiger partial charge in [-0.1, -0.05) is 13.8 Å². The minimum atomic E-state index is -0.373. The van der Waals surface area contributed by atoms with Gasteiger partial charge < -0.3 is 15.4 Å². The molecule has 0 aromatic carbocycles. The first-order valence-corrected chi connectivity index (χ1v) is 7.06. The van der Waals surface area contributed by atoms with Crippen LogP contribution in [0.4, 0.5) is 4.79 Å². The molecule has 1 aliphatic rings. The summed E-state index contributed by atoms with van der Waals surface area (Å²) in [5.74, 6) is 1.19. The van der Waals surface area contributed by atoms with Crippen LogP contribution in [0.25, 0.3) is 0 Å². The number of carbonyl (C=O) groups excluding carboxylic acids is 1. The molecule has 4 nitrogen and oxygen atoms in total. The normalized spacial score (nSPS) is 20.2. The lowest BCUT2D eigenvalue weighted by Crippen LogP contribution is -2.37. The zero-order valence-corrected chi connectivity index (χ0v) is 12.2. The standard InChI is InChI=1S/C14H28N2O2/c1-11(2)5-7-14(3,4)18-13(17)16-10-12-6-8-15-9-12/h11-12,15H,5-10H2,1-4H3,(H,16,17)/t12-/m0/s1. The van der Waals surface area contributed by atoms with Crippen molar-refractivity contribution in [1.82, 2.24) is 10.6 Å². The van der Waals surface area contributed by atoms with E-state index in [1.807, 2.05) is 13.8 Å². The Hall–Kier alpha value is -0.770. The molecule has 1 rings (SSSR count). The van der Waals surface area contributed by atoms with Gasteiger partial charge in [0.15, 0.2) is 0 Å². The van der Waals surface area contributed by atoms with Gasteiger partial charge in [0.25, 0.3) is 0 Å². The Labute approximate surface area is 111 Å². The van der Waals surface area contributed by atoms with Crippen LogP contribution < -0.4 is 10.6 Å². The van der Waals surface area contributed by atoms with Crippen molar-refractivity contribution in [3.8, 4) is 0 Å². The molecule has 18 heavy (non-hydrogen) atoms. The molecule has 1 saturated heterocycles. The number of carbonyl (C=O) groups is 1. The summed E-state index contributed by atoms with van der Waals surface area (Å²) in [6, 6.07) is 0. The Balaban J connectivity index is 2.20. The molecule has 2 N–H and O–H groups in total. The molecule has 1 atom stereocenters. The molecule has 0 aliphatic carbocycles. The fourth-order valence-electron chi connectivity index (χ4n) is 2.09. The van der Waals surface area contributed by atoms with Gasteiger partial charge in [0.1, 0.15) is 5.60 Å². The third kappa shape index (κ3) is 6.24. The Morgan fingerprint density at radius 2 is 2.22 bits per heavy atom. The van der Waals surface area contributed by atoms with Crippen LogP contribution in [-0.4, -0.2) is 31.3 Å². The van der Waals surface area contributed by atoms with Crippen LogP contribution in [0.5, 0.6) is 0 Å². The van der Waals surface area contributed by atoms with Crippen LogP contribution >= 0.6 is 0 Å². The van der Waals surface area contributed by atoms with Gasteiger partial charge in [-0.05, 0) is 58.0 Å². The highest BCUT2D eigenvalue weighted by Crippen LogP contribution is 2.20. The van der Waals surface area contributed by atoms with Gasteiger partial charge in [-0.2, -0.15) is 0 Å². The first kappa shape index (κ1) is 15.3. The van der Waals surface area contributed by atoms with Crippen molar-refractivity contribution >= 4 is 6.09 Å². The molecule has 4 heteroatoms.